The minimum atomic E-state index is -0.00898. The first-order chi connectivity index (χ1) is 5.24. The van der Waals surface area contributed by atoms with Gasteiger partial charge in [0.25, 0.3) is 0 Å². The van der Waals surface area contributed by atoms with Gasteiger partial charge >= 0.3 is 5.69 Å². The van der Waals surface area contributed by atoms with Gasteiger partial charge in [0, 0.05) is 18.9 Å². The number of hydrogen-bond donors (Lipinski definition) is 1. The Morgan fingerprint density at radius 3 is 2.91 bits per heavy atom. The van der Waals surface area contributed by atoms with Gasteiger partial charge < -0.3 is 4.98 Å². The van der Waals surface area contributed by atoms with Crippen LogP contribution in [0.1, 0.15) is 20.3 Å². The van der Waals surface area contributed by atoms with E-state index in [0.29, 0.717) is 5.92 Å². The summed E-state index contributed by atoms with van der Waals surface area (Å²) in [6.45, 7) is 5.08. The predicted octanol–water partition coefficient (Wildman–Crippen LogP) is 1.22. The Labute approximate surface area is 66.1 Å². The first-order valence-corrected chi connectivity index (χ1v) is 3.98. The van der Waals surface area contributed by atoms with Gasteiger partial charge in [-0.2, -0.15) is 0 Å². The number of rotatable bonds is 3. The second-order valence-corrected chi connectivity index (χ2v) is 2.93. The lowest BCUT2D eigenvalue weighted by Gasteiger charge is -2.06. The molecule has 11 heavy (non-hydrogen) atoms. The molecule has 1 heterocycles. The van der Waals surface area contributed by atoms with E-state index in [0.717, 1.165) is 13.0 Å². The molecule has 1 aromatic heterocycles. The molecule has 0 amide bonds. The monoisotopic (exact) mass is 154 g/mol. The summed E-state index contributed by atoms with van der Waals surface area (Å²) in [5.41, 5.74) is -0.00898. The summed E-state index contributed by atoms with van der Waals surface area (Å²) in [5, 5.41) is 0. The van der Waals surface area contributed by atoms with E-state index in [1.165, 1.54) is 0 Å². The minimum absolute atomic E-state index is 0.00898. The molecular weight excluding hydrogens is 140 g/mol. The zero-order valence-electron chi connectivity index (χ0n) is 7.00. The van der Waals surface area contributed by atoms with E-state index in [-0.39, 0.29) is 5.69 Å². The Morgan fingerprint density at radius 1 is 1.73 bits per heavy atom. The lowest BCUT2D eigenvalue weighted by molar-refractivity contribution is 0.461. The van der Waals surface area contributed by atoms with Gasteiger partial charge in [-0.1, -0.05) is 20.3 Å². The largest absolute Gasteiger partial charge is 0.325 e. The maximum Gasteiger partial charge on any atom is 0.325 e. The number of aromatic amines is 1. The quantitative estimate of drug-likeness (QED) is 0.698. The van der Waals surface area contributed by atoms with Gasteiger partial charge in [-0.05, 0) is 5.92 Å². The predicted molar refractivity (Wildman–Crippen MR) is 44.5 cm³/mol. The summed E-state index contributed by atoms with van der Waals surface area (Å²) in [4.78, 5) is 13.6. The van der Waals surface area contributed by atoms with Gasteiger partial charge in [-0.15, -0.1) is 0 Å². The van der Waals surface area contributed by atoms with Crippen molar-refractivity contribution >= 4 is 0 Å². The Kier molecular flexibility index (Phi) is 2.52. The van der Waals surface area contributed by atoms with Crippen molar-refractivity contribution in [3.05, 3.63) is 22.9 Å². The van der Waals surface area contributed by atoms with E-state index in [2.05, 4.69) is 18.8 Å². The fourth-order valence-corrected chi connectivity index (χ4v) is 0.958. The molecule has 62 valence electrons. The van der Waals surface area contributed by atoms with Crippen LogP contribution in [0, 0.1) is 5.92 Å². The van der Waals surface area contributed by atoms with E-state index < -0.39 is 0 Å². The number of hydrogen-bond acceptors (Lipinski definition) is 1. The first kappa shape index (κ1) is 8.11. The van der Waals surface area contributed by atoms with Gasteiger partial charge in [0.1, 0.15) is 0 Å². The molecule has 0 radical (unpaired) electrons. The van der Waals surface area contributed by atoms with Crippen LogP contribution < -0.4 is 5.69 Å². The lowest BCUT2D eigenvalue weighted by atomic mass is 10.1. The summed E-state index contributed by atoms with van der Waals surface area (Å²) in [7, 11) is 0. The Bertz CT molecular complexity index is 261. The molecule has 1 rings (SSSR count). The van der Waals surface area contributed by atoms with Gasteiger partial charge in [0.15, 0.2) is 0 Å². The van der Waals surface area contributed by atoms with Crippen LogP contribution in [-0.4, -0.2) is 9.55 Å². The van der Waals surface area contributed by atoms with Crippen molar-refractivity contribution in [2.45, 2.75) is 26.8 Å². The SMILES string of the molecule is CCC(C)Cn1cc[nH]c1=O. The van der Waals surface area contributed by atoms with Crippen molar-refractivity contribution in [3.8, 4) is 0 Å². The van der Waals surface area contributed by atoms with Crippen LogP contribution in [0.2, 0.25) is 0 Å². The van der Waals surface area contributed by atoms with Crippen molar-refractivity contribution in [1.29, 1.82) is 0 Å². The van der Waals surface area contributed by atoms with Crippen molar-refractivity contribution < 1.29 is 0 Å². The number of nitrogens with one attached hydrogen (secondary N) is 1. The summed E-state index contributed by atoms with van der Waals surface area (Å²) in [6, 6.07) is 0. The standard InChI is InChI=1S/C8H14N2O/c1-3-7(2)6-10-5-4-9-8(10)11/h4-5,7H,3,6H2,1-2H3,(H,9,11). The molecule has 0 aliphatic heterocycles. The third-order valence-corrected chi connectivity index (χ3v) is 1.93. The molecule has 0 spiro atoms. The molecule has 1 unspecified atom stereocenters. The second-order valence-electron chi connectivity index (χ2n) is 2.93. The Morgan fingerprint density at radius 2 is 2.45 bits per heavy atom. The topological polar surface area (TPSA) is 37.8 Å². The fourth-order valence-electron chi connectivity index (χ4n) is 0.958. The fraction of sp³-hybridized carbons (Fsp3) is 0.625. The molecule has 0 fully saturated rings. The molecule has 1 atom stereocenters. The third-order valence-electron chi connectivity index (χ3n) is 1.93. The van der Waals surface area contributed by atoms with E-state index in [4.69, 9.17) is 0 Å². The molecule has 3 nitrogen and oxygen atoms in total. The molecule has 1 N–H and O–H groups in total. The highest BCUT2D eigenvalue weighted by molar-refractivity contribution is 4.76. The van der Waals surface area contributed by atoms with E-state index in [1.807, 2.05) is 0 Å². The van der Waals surface area contributed by atoms with Crippen LogP contribution in [0.3, 0.4) is 0 Å². The van der Waals surface area contributed by atoms with Gasteiger partial charge in [0.05, 0.1) is 0 Å². The average Bonchev–Trinajstić information content (AvgIpc) is 2.37. The van der Waals surface area contributed by atoms with Crippen LogP contribution in [0.5, 0.6) is 0 Å². The summed E-state index contributed by atoms with van der Waals surface area (Å²) in [6.07, 6.45) is 4.57. The summed E-state index contributed by atoms with van der Waals surface area (Å²) >= 11 is 0. The number of aromatic nitrogens is 2. The van der Waals surface area contributed by atoms with Crippen LogP contribution in [0.15, 0.2) is 17.2 Å². The lowest BCUT2D eigenvalue weighted by Crippen LogP contribution is -2.19. The Hall–Kier alpha value is -0.990. The maximum atomic E-state index is 11.0. The number of nitrogens with zero attached hydrogens (tertiary/aromatic N) is 1. The smallest absolute Gasteiger partial charge is 0.313 e. The van der Waals surface area contributed by atoms with E-state index in [1.54, 1.807) is 17.0 Å². The number of H-pyrrole nitrogens is 1. The van der Waals surface area contributed by atoms with Crippen LogP contribution in [0.4, 0.5) is 0 Å². The van der Waals surface area contributed by atoms with Crippen molar-refractivity contribution in [1.82, 2.24) is 9.55 Å². The molecule has 3 heteroatoms. The van der Waals surface area contributed by atoms with Crippen LogP contribution >= 0.6 is 0 Å². The highest BCUT2D eigenvalue weighted by atomic mass is 16.1. The van der Waals surface area contributed by atoms with Crippen molar-refractivity contribution in [3.63, 3.8) is 0 Å². The highest BCUT2D eigenvalue weighted by Crippen LogP contribution is 2.01. The molecule has 0 aliphatic carbocycles. The Balaban J connectivity index is 2.64. The normalized spacial score (nSPS) is 13.3. The molecule has 0 bridgehead atoms. The average molecular weight is 154 g/mol. The molecule has 0 aliphatic rings. The molecule has 0 aromatic carbocycles. The van der Waals surface area contributed by atoms with Gasteiger partial charge in [-0.25, -0.2) is 4.79 Å². The van der Waals surface area contributed by atoms with E-state index in [9.17, 15) is 4.79 Å². The molecule has 1 aromatic rings. The van der Waals surface area contributed by atoms with E-state index >= 15 is 0 Å². The summed E-state index contributed by atoms with van der Waals surface area (Å²) < 4.78 is 1.70. The van der Waals surface area contributed by atoms with Crippen molar-refractivity contribution in [2.75, 3.05) is 0 Å². The summed E-state index contributed by atoms with van der Waals surface area (Å²) in [5.74, 6) is 0.573. The van der Waals surface area contributed by atoms with Gasteiger partial charge in [0.2, 0.25) is 0 Å². The second kappa shape index (κ2) is 3.42. The maximum absolute atomic E-state index is 11.0. The van der Waals surface area contributed by atoms with Crippen LogP contribution in [0.25, 0.3) is 0 Å². The van der Waals surface area contributed by atoms with Crippen LogP contribution in [-0.2, 0) is 6.54 Å². The van der Waals surface area contributed by atoms with Crippen molar-refractivity contribution in [2.24, 2.45) is 5.92 Å². The molecule has 0 saturated carbocycles. The zero-order chi connectivity index (χ0) is 8.27. The number of imidazole rings is 1. The van der Waals surface area contributed by atoms with Gasteiger partial charge in [-0.3, -0.25) is 4.57 Å². The zero-order valence-corrected chi connectivity index (χ0v) is 7.00. The first-order valence-electron chi connectivity index (χ1n) is 3.98. The third kappa shape index (κ3) is 1.97. The molecule has 0 saturated heterocycles. The minimum Gasteiger partial charge on any atom is -0.313 e. The highest BCUT2D eigenvalue weighted by Gasteiger charge is 2.01. The molecular formula is C8H14N2O.